The molecule has 2 rings (SSSR count). The first-order valence-electron chi connectivity index (χ1n) is 7.09. The van der Waals surface area contributed by atoms with Crippen LogP contribution >= 0.6 is 11.6 Å². The number of hydrogen-bond acceptors (Lipinski definition) is 1. The standard InChI is InChI=1S/C17H18ClFN2O/c1-12(17(22)20-16-9-4-3-8-15(16)19)21(2)11-13-6-5-7-14(18)10-13/h3-10,12H,11H2,1-2H3,(H,20,22)/p+1/t12-/m1/s1. The minimum Gasteiger partial charge on any atom is -0.324 e. The Morgan fingerprint density at radius 1 is 1.27 bits per heavy atom. The second-order valence-corrected chi connectivity index (χ2v) is 5.78. The lowest BCUT2D eigenvalue weighted by Gasteiger charge is -2.21. The van der Waals surface area contributed by atoms with E-state index in [4.69, 9.17) is 11.6 Å². The summed E-state index contributed by atoms with van der Waals surface area (Å²) in [7, 11) is 1.92. The van der Waals surface area contributed by atoms with Gasteiger partial charge in [-0.1, -0.05) is 35.9 Å². The van der Waals surface area contributed by atoms with Crippen molar-refractivity contribution in [2.45, 2.75) is 19.5 Å². The number of quaternary nitrogens is 1. The first kappa shape index (κ1) is 16.5. The molecule has 1 unspecified atom stereocenters. The van der Waals surface area contributed by atoms with E-state index in [0.717, 1.165) is 10.5 Å². The van der Waals surface area contributed by atoms with E-state index >= 15 is 0 Å². The third-order valence-corrected chi connectivity index (χ3v) is 3.87. The number of likely N-dealkylation sites (N-methyl/N-ethyl adjacent to an activating group) is 1. The zero-order valence-electron chi connectivity index (χ0n) is 12.6. The van der Waals surface area contributed by atoms with Crippen molar-refractivity contribution >= 4 is 23.2 Å². The number of nitrogens with one attached hydrogen (secondary N) is 2. The molecule has 0 bridgehead atoms. The average Bonchev–Trinajstić information content (AvgIpc) is 2.48. The van der Waals surface area contributed by atoms with Crippen LogP contribution in [0.2, 0.25) is 5.02 Å². The second-order valence-electron chi connectivity index (χ2n) is 5.34. The maximum atomic E-state index is 13.6. The number of hydrogen-bond donors (Lipinski definition) is 2. The highest BCUT2D eigenvalue weighted by atomic mass is 35.5. The lowest BCUT2D eigenvalue weighted by molar-refractivity contribution is -0.907. The normalized spacial score (nSPS) is 13.5. The quantitative estimate of drug-likeness (QED) is 0.872. The molecule has 2 atom stereocenters. The molecule has 22 heavy (non-hydrogen) atoms. The molecular weight excluding hydrogens is 303 g/mol. The second kappa shape index (κ2) is 7.38. The highest BCUT2D eigenvalue weighted by molar-refractivity contribution is 6.30. The minimum atomic E-state index is -0.435. The maximum Gasteiger partial charge on any atom is 0.282 e. The van der Waals surface area contributed by atoms with Gasteiger partial charge in [-0.3, -0.25) is 4.79 Å². The molecule has 3 nitrogen and oxygen atoms in total. The highest BCUT2D eigenvalue weighted by Crippen LogP contribution is 2.12. The SMILES string of the molecule is C[C@H](C(=O)Nc1ccccc1F)[NH+](C)Cc1cccc(Cl)c1. The maximum absolute atomic E-state index is 13.6. The van der Waals surface area contributed by atoms with Gasteiger partial charge in [-0.25, -0.2) is 4.39 Å². The Bertz CT molecular complexity index is 663. The number of halogens is 2. The van der Waals surface area contributed by atoms with Crippen molar-refractivity contribution in [3.05, 3.63) is 64.9 Å². The smallest absolute Gasteiger partial charge is 0.282 e. The van der Waals surface area contributed by atoms with Gasteiger partial charge in [0.25, 0.3) is 5.91 Å². The van der Waals surface area contributed by atoms with Crippen LogP contribution in [0.4, 0.5) is 10.1 Å². The van der Waals surface area contributed by atoms with Crippen molar-refractivity contribution in [2.75, 3.05) is 12.4 Å². The van der Waals surface area contributed by atoms with Gasteiger partial charge >= 0.3 is 0 Å². The minimum absolute atomic E-state index is 0.204. The molecule has 0 saturated carbocycles. The molecule has 2 N–H and O–H groups in total. The first-order chi connectivity index (χ1) is 10.5. The number of carbonyl (C=O) groups is 1. The molecule has 0 aromatic heterocycles. The fraction of sp³-hybridized carbons (Fsp3) is 0.235. The van der Waals surface area contributed by atoms with Gasteiger partial charge in [0.2, 0.25) is 0 Å². The molecule has 0 heterocycles. The molecule has 0 spiro atoms. The van der Waals surface area contributed by atoms with Crippen molar-refractivity contribution in [3.63, 3.8) is 0 Å². The van der Waals surface area contributed by atoms with E-state index in [1.54, 1.807) is 18.2 Å². The van der Waals surface area contributed by atoms with Crippen LogP contribution in [0.3, 0.4) is 0 Å². The number of benzene rings is 2. The van der Waals surface area contributed by atoms with Crippen LogP contribution in [-0.4, -0.2) is 19.0 Å². The predicted molar refractivity (Wildman–Crippen MR) is 86.5 cm³/mol. The zero-order valence-corrected chi connectivity index (χ0v) is 13.3. The van der Waals surface area contributed by atoms with E-state index in [0.29, 0.717) is 11.6 Å². The zero-order chi connectivity index (χ0) is 16.1. The number of carbonyl (C=O) groups excluding carboxylic acids is 1. The van der Waals surface area contributed by atoms with Gasteiger partial charge in [0.1, 0.15) is 12.4 Å². The highest BCUT2D eigenvalue weighted by Gasteiger charge is 2.22. The summed E-state index contributed by atoms with van der Waals surface area (Å²) in [6, 6.07) is 13.4. The largest absolute Gasteiger partial charge is 0.324 e. The summed E-state index contributed by atoms with van der Waals surface area (Å²) in [6.07, 6.45) is 0. The molecule has 0 fully saturated rings. The Morgan fingerprint density at radius 2 is 2.00 bits per heavy atom. The summed E-state index contributed by atoms with van der Waals surface area (Å²) in [5.41, 5.74) is 1.26. The fourth-order valence-electron chi connectivity index (χ4n) is 2.15. The molecule has 0 aliphatic rings. The Kier molecular flexibility index (Phi) is 5.52. The van der Waals surface area contributed by atoms with Crippen LogP contribution in [0.1, 0.15) is 12.5 Å². The average molecular weight is 322 g/mol. The number of amides is 1. The van der Waals surface area contributed by atoms with Crippen LogP contribution in [-0.2, 0) is 11.3 Å². The lowest BCUT2D eigenvalue weighted by Crippen LogP contribution is -3.12. The first-order valence-corrected chi connectivity index (χ1v) is 7.47. The van der Waals surface area contributed by atoms with E-state index in [2.05, 4.69) is 5.32 Å². The van der Waals surface area contributed by atoms with Gasteiger partial charge in [0.15, 0.2) is 6.04 Å². The van der Waals surface area contributed by atoms with Gasteiger partial charge in [-0.2, -0.15) is 0 Å². The van der Waals surface area contributed by atoms with Gasteiger partial charge in [-0.15, -0.1) is 0 Å². The van der Waals surface area contributed by atoms with E-state index in [-0.39, 0.29) is 17.6 Å². The molecular formula is C17H19ClFN2O+. The number of rotatable bonds is 5. The number of anilines is 1. The summed E-state index contributed by atoms with van der Waals surface area (Å²) in [5, 5.41) is 3.30. The van der Waals surface area contributed by atoms with Crippen LogP contribution < -0.4 is 10.2 Å². The summed E-state index contributed by atoms with van der Waals surface area (Å²) in [4.78, 5) is 13.2. The van der Waals surface area contributed by atoms with Crippen molar-refractivity contribution in [2.24, 2.45) is 0 Å². The van der Waals surface area contributed by atoms with E-state index < -0.39 is 5.82 Å². The molecule has 2 aromatic carbocycles. The Balaban J connectivity index is 1.99. The third-order valence-electron chi connectivity index (χ3n) is 3.64. The number of para-hydroxylation sites is 1. The Morgan fingerprint density at radius 3 is 2.68 bits per heavy atom. The molecule has 0 saturated heterocycles. The van der Waals surface area contributed by atoms with Gasteiger partial charge in [-0.05, 0) is 31.2 Å². The molecule has 116 valence electrons. The Labute approximate surface area is 134 Å². The molecule has 0 aliphatic heterocycles. The molecule has 5 heteroatoms. The van der Waals surface area contributed by atoms with E-state index in [1.165, 1.54) is 6.07 Å². The van der Waals surface area contributed by atoms with Crippen molar-refractivity contribution < 1.29 is 14.1 Å². The van der Waals surface area contributed by atoms with Crippen LogP contribution in [0.5, 0.6) is 0 Å². The molecule has 2 aromatic rings. The van der Waals surface area contributed by atoms with Crippen LogP contribution in [0, 0.1) is 5.82 Å². The van der Waals surface area contributed by atoms with Gasteiger partial charge < -0.3 is 10.2 Å². The topological polar surface area (TPSA) is 33.5 Å². The van der Waals surface area contributed by atoms with Crippen LogP contribution in [0.25, 0.3) is 0 Å². The summed E-state index contributed by atoms with van der Waals surface area (Å²) >= 11 is 5.96. The van der Waals surface area contributed by atoms with Crippen LogP contribution in [0.15, 0.2) is 48.5 Å². The summed E-state index contributed by atoms with van der Waals surface area (Å²) in [6.45, 7) is 2.47. The fourth-order valence-corrected chi connectivity index (χ4v) is 2.36. The third kappa shape index (κ3) is 4.29. The molecule has 0 aliphatic carbocycles. The predicted octanol–water partition coefficient (Wildman–Crippen LogP) is 2.52. The van der Waals surface area contributed by atoms with Crippen molar-refractivity contribution in [1.82, 2.24) is 0 Å². The Hall–Kier alpha value is -1.91. The van der Waals surface area contributed by atoms with Crippen molar-refractivity contribution in [3.8, 4) is 0 Å². The lowest BCUT2D eigenvalue weighted by atomic mass is 10.2. The molecule has 1 amide bonds. The molecule has 0 radical (unpaired) electrons. The van der Waals surface area contributed by atoms with Gasteiger partial charge in [0, 0.05) is 10.6 Å². The monoisotopic (exact) mass is 321 g/mol. The summed E-state index contributed by atoms with van der Waals surface area (Å²) in [5.74, 6) is -0.653. The summed E-state index contributed by atoms with van der Waals surface area (Å²) < 4.78 is 13.6. The van der Waals surface area contributed by atoms with E-state index in [1.807, 2.05) is 38.2 Å². The van der Waals surface area contributed by atoms with Gasteiger partial charge in [0.05, 0.1) is 12.7 Å². The van der Waals surface area contributed by atoms with Crippen molar-refractivity contribution in [1.29, 1.82) is 0 Å². The van der Waals surface area contributed by atoms with E-state index in [9.17, 15) is 9.18 Å².